The van der Waals surface area contributed by atoms with Crippen molar-refractivity contribution in [2.24, 2.45) is 5.92 Å². The zero-order valence-corrected chi connectivity index (χ0v) is 11.7. The molecule has 0 fully saturated rings. The first-order chi connectivity index (χ1) is 9.10. The van der Waals surface area contributed by atoms with E-state index >= 15 is 0 Å². The van der Waals surface area contributed by atoms with Crippen LogP contribution < -0.4 is 0 Å². The third-order valence-electron chi connectivity index (χ3n) is 3.69. The molecule has 0 aliphatic rings. The molecule has 1 N–H and O–H groups in total. The molecule has 0 aliphatic heterocycles. The fourth-order valence-corrected chi connectivity index (χ4v) is 2.43. The highest BCUT2D eigenvalue weighted by atomic mass is 19.1. The first kappa shape index (κ1) is 15.7. The van der Waals surface area contributed by atoms with Crippen LogP contribution in [0.25, 0.3) is 0 Å². The van der Waals surface area contributed by atoms with Crippen LogP contribution in [0.5, 0.6) is 0 Å². The van der Waals surface area contributed by atoms with E-state index in [1.807, 2.05) is 0 Å². The Kier molecular flexibility index (Phi) is 6.54. The Balaban J connectivity index is 2.84. The Labute approximate surface area is 114 Å². The van der Waals surface area contributed by atoms with E-state index in [4.69, 9.17) is 0 Å². The Bertz CT molecular complexity index is 403. The standard InChI is InChI=1S/C16H23FO2/c1-3-5-8-12(4-2)11-14(16(18)19)13-9-6-7-10-15(13)17/h6-7,9-10,12,14H,3-5,8,11H2,1-2H3,(H,18,19). The minimum atomic E-state index is -0.931. The summed E-state index contributed by atoms with van der Waals surface area (Å²) in [7, 11) is 0. The smallest absolute Gasteiger partial charge is 0.311 e. The molecule has 2 unspecified atom stereocenters. The summed E-state index contributed by atoms with van der Waals surface area (Å²) in [4.78, 5) is 11.4. The van der Waals surface area contributed by atoms with Crippen LogP contribution >= 0.6 is 0 Å². The zero-order valence-electron chi connectivity index (χ0n) is 11.7. The molecule has 1 aromatic carbocycles. The van der Waals surface area contributed by atoms with Gasteiger partial charge in [-0.25, -0.2) is 4.39 Å². The third-order valence-corrected chi connectivity index (χ3v) is 3.69. The van der Waals surface area contributed by atoms with Crippen LogP contribution in [0.3, 0.4) is 0 Å². The maximum Gasteiger partial charge on any atom is 0.311 e. The van der Waals surface area contributed by atoms with Gasteiger partial charge in [-0.1, -0.05) is 57.7 Å². The molecule has 0 heterocycles. The van der Waals surface area contributed by atoms with Crippen molar-refractivity contribution >= 4 is 5.97 Å². The lowest BCUT2D eigenvalue weighted by Gasteiger charge is -2.20. The van der Waals surface area contributed by atoms with Crippen molar-refractivity contribution in [3.8, 4) is 0 Å². The number of hydrogen-bond donors (Lipinski definition) is 1. The summed E-state index contributed by atoms with van der Waals surface area (Å²) < 4.78 is 13.7. The molecule has 2 nitrogen and oxygen atoms in total. The number of rotatable bonds is 8. The summed E-state index contributed by atoms with van der Waals surface area (Å²) in [6, 6.07) is 6.20. The van der Waals surface area contributed by atoms with Crippen LogP contribution in [0.2, 0.25) is 0 Å². The molecule has 0 radical (unpaired) electrons. The summed E-state index contributed by atoms with van der Waals surface area (Å²) in [5.41, 5.74) is 0.310. The summed E-state index contributed by atoms with van der Waals surface area (Å²) in [6.07, 6.45) is 4.69. The van der Waals surface area contributed by atoms with Crippen LogP contribution in [0.15, 0.2) is 24.3 Å². The molecule has 3 heteroatoms. The summed E-state index contributed by atoms with van der Waals surface area (Å²) in [5.74, 6) is -1.73. The molecule has 0 aromatic heterocycles. The highest BCUT2D eigenvalue weighted by molar-refractivity contribution is 5.76. The van der Waals surface area contributed by atoms with Crippen molar-refractivity contribution in [3.63, 3.8) is 0 Å². The Morgan fingerprint density at radius 2 is 2.00 bits per heavy atom. The minimum Gasteiger partial charge on any atom is -0.481 e. The second kappa shape index (κ2) is 7.93. The topological polar surface area (TPSA) is 37.3 Å². The number of benzene rings is 1. The first-order valence-electron chi connectivity index (χ1n) is 7.07. The summed E-state index contributed by atoms with van der Waals surface area (Å²) >= 11 is 0. The van der Waals surface area contributed by atoms with Gasteiger partial charge in [-0.15, -0.1) is 0 Å². The van der Waals surface area contributed by atoms with Gasteiger partial charge in [-0.05, 0) is 18.4 Å². The van der Waals surface area contributed by atoms with E-state index in [2.05, 4.69) is 13.8 Å². The highest BCUT2D eigenvalue weighted by Gasteiger charge is 2.25. The monoisotopic (exact) mass is 266 g/mol. The predicted molar refractivity (Wildman–Crippen MR) is 74.7 cm³/mol. The van der Waals surface area contributed by atoms with Crippen LogP contribution in [-0.4, -0.2) is 11.1 Å². The average molecular weight is 266 g/mol. The third kappa shape index (κ3) is 4.66. The number of unbranched alkanes of at least 4 members (excludes halogenated alkanes) is 1. The lowest BCUT2D eigenvalue weighted by Crippen LogP contribution is -2.17. The van der Waals surface area contributed by atoms with Gasteiger partial charge < -0.3 is 5.11 Å². The van der Waals surface area contributed by atoms with E-state index < -0.39 is 17.7 Å². The van der Waals surface area contributed by atoms with E-state index in [9.17, 15) is 14.3 Å². The van der Waals surface area contributed by atoms with Gasteiger partial charge >= 0.3 is 5.97 Å². The van der Waals surface area contributed by atoms with E-state index in [0.717, 1.165) is 25.7 Å². The number of carboxylic acid groups (broad SMARTS) is 1. The van der Waals surface area contributed by atoms with Crippen LogP contribution in [0.1, 0.15) is 57.4 Å². The Morgan fingerprint density at radius 1 is 1.32 bits per heavy atom. The highest BCUT2D eigenvalue weighted by Crippen LogP contribution is 2.30. The molecule has 1 rings (SSSR count). The Hall–Kier alpha value is -1.38. The fourth-order valence-electron chi connectivity index (χ4n) is 2.43. The summed E-state index contributed by atoms with van der Waals surface area (Å²) in [5, 5.41) is 9.35. The maximum atomic E-state index is 13.7. The molecule has 0 amide bonds. The van der Waals surface area contributed by atoms with Crippen molar-refractivity contribution in [2.45, 2.75) is 51.9 Å². The molecule has 0 bridgehead atoms. The molecule has 2 atom stereocenters. The van der Waals surface area contributed by atoms with Gasteiger partial charge in [-0.3, -0.25) is 4.79 Å². The van der Waals surface area contributed by atoms with Gasteiger partial charge in [0, 0.05) is 5.56 Å². The molecular weight excluding hydrogens is 243 g/mol. The van der Waals surface area contributed by atoms with Crippen molar-refractivity contribution in [2.75, 3.05) is 0 Å². The van der Waals surface area contributed by atoms with Crippen molar-refractivity contribution in [1.82, 2.24) is 0 Å². The van der Waals surface area contributed by atoms with Gasteiger partial charge in [-0.2, -0.15) is 0 Å². The van der Waals surface area contributed by atoms with E-state index in [-0.39, 0.29) is 0 Å². The molecule has 106 valence electrons. The van der Waals surface area contributed by atoms with Gasteiger partial charge in [0.05, 0.1) is 5.92 Å². The van der Waals surface area contributed by atoms with Gasteiger partial charge in [0.15, 0.2) is 0 Å². The SMILES string of the molecule is CCCCC(CC)CC(C(=O)O)c1ccccc1F. The lowest BCUT2D eigenvalue weighted by atomic mass is 9.85. The predicted octanol–water partition coefficient (Wildman–Crippen LogP) is 4.60. The van der Waals surface area contributed by atoms with Gasteiger partial charge in [0.25, 0.3) is 0 Å². The van der Waals surface area contributed by atoms with Gasteiger partial charge in [0.1, 0.15) is 5.82 Å². The first-order valence-corrected chi connectivity index (χ1v) is 7.07. The van der Waals surface area contributed by atoms with Crippen molar-refractivity contribution in [1.29, 1.82) is 0 Å². The Morgan fingerprint density at radius 3 is 2.53 bits per heavy atom. The molecule has 19 heavy (non-hydrogen) atoms. The number of aliphatic carboxylic acids is 1. The number of halogens is 1. The molecule has 1 aromatic rings. The largest absolute Gasteiger partial charge is 0.481 e. The van der Waals surface area contributed by atoms with Crippen LogP contribution in [0.4, 0.5) is 4.39 Å². The second-order valence-electron chi connectivity index (χ2n) is 5.06. The van der Waals surface area contributed by atoms with Crippen molar-refractivity contribution < 1.29 is 14.3 Å². The van der Waals surface area contributed by atoms with E-state index in [0.29, 0.717) is 17.9 Å². The molecule has 0 aliphatic carbocycles. The molecular formula is C16H23FO2. The number of hydrogen-bond acceptors (Lipinski definition) is 1. The average Bonchev–Trinajstić information content (AvgIpc) is 2.40. The molecule has 0 saturated carbocycles. The minimum absolute atomic E-state index is 0.310. The zero-order chi connectivity index (χ0) is 14.3. The van der Waals surface area contributed by atoms with Crippen LogP contribution in [0, 0.1) is 11.7 Å². The van der Waals surface area contributed by atoms with E-state index in [1.54, 1.807) is 18.2 Å². The lowest BCUT2D eigenvalue weighted by molar-refractivity contribution is -0.139. The van der Waals surface area contributed by atoms with Gasteiger partial charge in [0.2, 0.25) is 0 Å². The molecule has 0 saturated heterocycles. The molecule has 0 spiro atoms. The normalized spacial score (nSPS) is 14.1. The fraction of sp³-hybridized carbons (Fsp3) is 0.562. The van der Waals surface area contributed by atoms with E-state index in [1.165, 1.54) is 6.07 Å². The quantitative estimate of drug-likeness (QED) is 0.746. The second-order valence-corrected chi connectivity index (χ2v) is 5.06. The number of carbonyl (C=O) groups is 1. The summed E-state index contributed by atoms with van der Waals surface area (Å²) in [6.45, 7) is 4.19. The maximum absolute atomic E-state index is 13.7. The van der Waals surface area contributed by atoms with Crippen molar-refractivity contribution in [3.05, 3.63) is 35.6 Å². The number of carboxylic acids is 1. The van der Waals surface area contributed by atoms with Crippen LogP contribution in [-0.2, 0) is 4.79 Å².